The first-order valence-corrected chi connectivity index (χ1v) is 6.70. The van der Waals surface area contributed by atoms with Crippen LogP contribution in [0.25, 0.3) is 0 Å². The van der Waals surface area contributed by atoms with Crippen molar-refractivity contribution in [3.63, 3.8) is 0 Å². The lowest BCUT2D eigenvalue weighted by molar-refractivity contribution is -0.151. The maximum Gasteiger partial charge on any atom is 0.327 e. The first kappa shape index (κ1) is 14.0. The molecule has 4 heteroatoms. The Kier molecular flexibility index (Phi) is 4.56. The highest BCUT2D eigenvalue weighted by Crippen LogP contribution is 2.31. The molecule has 1 aliphatic carbocycles. The molecule has 19 heavy (non-hydrogen) atoms. The fourth-order valence-corrected chi connectivity index (χ4v) is 2.62. The smallest absolute Gasteiger partial charge is 0.327 e. The SMILES string of the molecule is CCOC(=O)C1(NCCOC)Cc2ccccc2C1. The van der Waals surface area contributed by atoms with Crippen LogP contribution in [0.2, 0.25) is 0 Å². The quantitative estimate of drug-likeness (QED) is 0.621. The van der Waals surface area contributed by atoms with Crippen molar-refractivity contribution < 1.29 is 14.3 Å². The molecule has 0 atom stereocenters. The topological polar surface area (TPSA) is 47.6 Å². The number of rotatable bonds is 6. The van der Waals surface area contributed by atoms with Gasteiger partial charge in [-0.05, 0) is 18.1 Å². The van der Waals surface area contributed by atoms with Crippen LogP contribution in [0, 0.1) is 0 Å². The summed E-state index contributed by atoms with van der Waals surface area (Å²) in [5.41, 5.74) is 1.82. The van der Waals surface area contributed by atoms with Crippen LogP contribution in [-0.2, 0) is 27.1 Å². The molecule has 104 valence electrons. The van der Waals surface area contributed by atoms with E-state index in [0.717, 1.165) is 0 Å². The van der Waals surface area contributed by atoms with Crippen LogP contribution in [0.1, 0.15) is 18.1 Å². The van der Waals surface area contributed by atoms with E-state index < -0.39 is 5.54 Å². The number of hydrogen-bond donors (Lipinski definition) is 1. The van der Waals surface area contributed by atoms with Crippen molar-refractivity contribution in [2.75, 3.05) is 26.9 Å². The van der Waals surface area contributed by atoms with Gasteiger partial charge < -0.3 is 9.47 Å². The van der Waals surface area contributed by atoms with E-state index in [1.54, 1.807) is 7.11 Å². The van der Waals surface area contributed by atoms with Gasteiger partial charge in [-0.2, -0.15) is 0 Å². The van der Waals surface area contributed by atoms with Gasteiger partial charge in [0.05, 0.1) is 13.2 Å². The van der Waals surface area contributed by atoms with Gasteiger partial charge >= 0.3 is 5.97 Å². The molecular weight excluding hydrogens is 242 g/mol. The molecule has 0 saturated carbocycles. The van der Waals surface area contributed by atoms with Crippen LogP contribution in [0.4, 0.5) is 0 Å². The Morgan fingerprint density at radius 3 is 2.47 bits per heavy atom. The maximum atomic E-state index is 12.3. The van der Waals surface area contributed by atoms with Crippen molar-refractivity contribution in [1.82, 2.24) is 5.32 Å². The molecule has 1 aromatic carbocycles. The third kappa shape index (κ3) is 2.96. The highest BCUT2D eigenvalue weighted by molar-refractivity contribution is 5.83. The lowest BCUT2D eigenvalue weighted by atomic mass is 9.95. The molecule has 0 unspecified atom stereocenters. The molecule has 1 aromatic rings. The second kappa shape index (κ2) is 6.17. The largest absolute Gasteiger partial charge is 0.465 e. The summed E-state index contributed by atoms with van der Waals surface area (Å²) in [4.78, 5) is 12.3. The Balaban J connectivity index is 2.16. The Bertz CT molecular complexity index is 420. The van der Waals surface area contributed by atoms with Gasteiger partial charge in [-0.1, -0.05) is 24.3 Å². The first-order valence-electron chi connectivity index (χ1n) is 6.70. The Morgan fingerprint density at radius 1 is 1.32 bits per heavy atom. The minimum Gasteiger partial charge on any atom is -0.465 e. The molecule has 0 saturated heterocycles. The number of nitrogens with one attached hydrogen (secondary N) is 1. The van der Waals surface area contributed by atoms with Gasteiger partial charge in [0.15, 0.2) is 0 Å². The number of ether oxygens (including phenoxy) is 2. The average molecular weight is 263 g/mol. The zero-order valence-electron chi connectivity index (χ0n) is 11.6. The van der Waals surface area contributed by atoms with Gasteiger partial charge in [-0.15, -0.1) is 0 Å². The monoisotopic (exact) mass is 263 g/mol. The summed E-state index contributed by atoms with van der Waals surface area (Å²) in [6.45, 7) is 3.46. The van der Waals surface area contributed by atoms with E-state index in [1.165, 1.54) is 11.1 Å². The molecule has 0 aliphatic heterocycles. The lowest BCUT2D eigenvalue weighted by Crippen LogP contribution is -2.54. The number of fused-ring (bicyclic) bond motifs is 1. The normalized spacial score (nSPS) is 16.1. The summed E-state index contributed by atoms with van der Waals surface area (Å²) in [5, 5.41) is 3.33. The number of carbonyl (C=O) groups excluding carboxylic acids is 1. The summed E-state index contributed by atoms with van der Waals surface area (Å²) < 4.78 is 10.3. The number of hydrogen-bond acceptors (Lipinski definition) is 4. The van der Waals surface area contributed by atoms with E-state index in [4.69, 9.17) is 9.47 Å². The molecular formula is C15H21NO3. The van der Waals surface area contributed by atoms with E-state index in [-0.39, 0.29) is 5.97 Å². The van der Waals surface area contributed by atoms with Crippen LogP contribution in [0.3, 0.4) is 0 Å². The fourth-order valence-electron chi connectivity index (χ4n) is 2.62. The van der Waals surface area contributed by atoms with Gasteiger partial charge in [0.1, 0.15) is 5.54 Å². The van der Waals surface area contributed by atoms with Crippen molar-refractivity contribution in [3.8, 4) is 0 Å². The molecule has 0 heterocycles. The molecule has 0 fully saturated rings. The van der Waals surface area contributed by atoms with Crippen molar-refractivity contribution in [2.45, 2.75) is 25.3 Å². The summed E-state index contributed by atoms with van der Waals surface area (Å²) in [6.07, 6.45) is 1.37. The third-order valence-electron chi connectivity index (χ3n) is 3.54. The van der Waals surface area contributed by atoms with E-state index in [1.807, 2.05) is 19.1 Å². The first-order chi connectivity index (χ1) is 9.22. The van der Waals surface area contributed by atoms with E-state index in [2.05, 4.69) is 17.4 Å². The second-order valence-electron chi connectivity index (χ2n) is 4.84. The Morgan fingerprint density at radius 2 is 1.95 bits per heavy atom. The van der Waals surface area contributed by atoms with Crippen molar-refractivity contribution in [1.29, 1.82) is 0 Å². The van der Waals surface area contributed by atoms with Gasteiger partial charge in [-0.3, -0.25) is 10.1 Å². The lowest BCUT2D eigenvalue weighted by Gasteiger charge is -2.27. The van der Waals surface area contributed by atoms with Crippen molar-refractivity contribution in [2.24, 2.45) is 0 Å². The van der Waals surface area contributed by atoms with Gasteiger partial charge in [-0.25, -0.2) is 0 Å². The zero-order valence-corrected chi connectivity index (χ0v) is 11.6. The Labute approximate surface area is 114 Å². The maximum absolute atomic E-state index is 12.3. The van der Waals surface area contributed by atoms with Crippen LogP contribution < -0.4 is 5.32 Å². The van der Waals surface area contributed by atoms with E-state index >= 15 is 0 Å². The van der Waals surface area contributed by atoms with Crippen molar-refractivity contribution in [3.05, 3.63) is 35.4 Å². The van der Waals surface area contributed by atoms with E-state index in [9.17, 15) is 4.79 Å². The van der Waals surface area contributed by atoms with Crippen LogP contribution >= 0.6 is 0 Å². The molecule has 0 amide bonds. The standard InChI is InChI=1S/C15H21NO3/c1-3-19-14(17)15(16-8-9-18-2)10-12-6-4-5-7-13(12)11-15/h4-7,16H,3,8-11H2,1-2H3. The van der Waals surface area contributed by atoms with Gasteiger partial charge in [0.25, 0.3) is 0 Å². The fraction of sp³-hybridized carbons (Fsp3) is 0.533. The number of benzene rings is 1. The van der Waals surface area contributed by atoms with Gasteiger partial charge in [0, 0.05) is 26.5 Å². The highest BCUT2D eigenvalue weighted by atomic mass is 16.5. The predicted octanol–water partition coefficient (Wildman–Crippen LogP) is 1.32. The number of carbonyl (C=O) groups is 1. The molecule has 1 aliphatic rings. The highest BCUT2D eigenvalue weighted by Gasteiger charge is 2.44. The molecule has 0 spiro atoms. The minimum absolute atomic E-state index is 0.165. The molecule has 4 nitrogen and oxygen atoms in total. The van der Waals surface area contributed by atoms with Gasteiger partial charge in [0.2, 0.25) is 0 Å². The van der Waals surface area contributed by atoms with Crippen molar-refractivity contribution >= 4 is 5.97 Å². The molecule has 0 radical (unpaired) electrons. The molecule has 2 rings (SSSR count). The minimum atomic E-state index is -0.627. The van der Waals surface area contributed by atoms with E-state index in [0.29, 0.717) is 32.6 Å². The predicted molar refractivity (Wildman–Crippen MR) is 73.1 cm³/mol. The molecule has 0 aromatic heterocycles. The third-order valence-corrected chi connectivity index (χ3v) is 3.54. The molecule has 1 N–H and O–H groups in total. The van der Waals surface area contributed by atoms with Crippen LogP contribution in [0.5, 0.6) is 0 Å². The summed E-state index contributed by atoms with van der Waals surface area (Å²) >= 11 is 0. The molecule has 0 bridgehead atoms. The Hall–Kier alpha value is -1.39. The average Bonchev–Trinajstić information content (AvgIpc) is 2.79. The summed E-state index contributed by atoms with van der Waals surface area (Å²) in [7, 11) is 1.65. The van der Waals surface area contributed by atoms with Crippen LogP contribution in [0.15, 0.2) is 24.3 Å². The number of esters is 1. The number of methoxy groups -OCH3 is 1. The second-order valence-corrected chi connectivity index (χ2v) is 4.84. The summed E-state index contributed by atoms with van der Waals surface area (Å²) in [5.74, 6) is -0.165. The summed E-state index contributed by atoms with van der Waals surface area (Å²) in [6, 6.07) is 8.17. The van der Waals surface area contributed by atoms with Crippen LogP contribution in [-0.4, -0.2) is 38.4 Å². The zero-order chi connectivity index (χ0) is 13.7.